The number of hydrogen-bond acceptors (Lipinski definition) is 5. The van der Waals surface area contributed by atoms with E-state index in [9.17, 15) is 4.79 Å². The van der Waals surface area contributed by atoms with Crippen LogP contribution in [-0.4, -0.2) is 41.6 Å². The molecule has 2 N–H and O–H groups in total. The number of piperidine rings is 1. The first-order chi connectivity index (χ1) is 14.1. The van der Waals surface area contributed by atoms with Gasteiger partial charge in [0, 0.05) is 17.8 Å². The van der Waals surface area contributed by atoms with E-state index in [2.05, 4.69) is 18.0 Å². The molecule has 1 saturated carbocycles. The Kier molecular flexibility index (Phi) is 5.60. The fourth-order valence-corrected chi connectivity index (χ4v) is 4.26. The van der Waals surface area contributed by atoms with Crippen LogP contribution >= 0.6 is 0 Å². The molecule has 0 spiro atoms. The number of likely N-dealkylation sites (tertiary alicyclic amines) is 1. The monoisotopic (exact) mass is 395 g/mol. The minimum atomic E-state index is -0.144. The Hall–Kier alpha value is -2.76. The van der Waals surface area contributed by atoms with E-state index < -0.39 is 0 Å². The summed E-state index contributed by atoms with van der Waals surface area (Å²) in [5, 5.41) is 0. The number of hydrogen-bond donors (Lipinski definition) is 1. The van der Waals surface area contributed by atoms with E-state index in [4.69, 9.17) is 15.2 Å². The second kappa shape index (κ2) is 8.31. The lowest BCUT2D eigenvalue weighted by molar-refractivity contribution is 0.0364. The summed E-state index contributed by atoms with van der Waals surface area (Å²) < 4.78 is 11.5. The number of pyridine rings is 1. The smallest absolute Gasteiger partial charge is 0.259 e. The molecular weight excluding hydrogens is 366 g/mol. The van der Waals surface area contributed by atoms with E-state index >= 15 is 0 Å². The lowest BCUT2D eigenvalue weighted by Crippen LogP contribution is -2.49. The van der Waals surface area contributed by atoms with E-state index in [0.29, 0.717) is 29.8 Å². The largest absolute Gasteiger partial charge is 0.490 e. The predicted octanol–water partition coefficient (Wildman–Crippen LogP) is 4.01. The highest BCUT2D eigenvalue weighted by atomic mass is 16.5. The minimum absolute atomic E-state index is 0.0980. The first-order valence-corrected chi connectivity index (χ1v) is 10.4. The van der Waals surface area contributed by atoms with Gasteiger partial charge in [-0.15, -0.1) is 0 Å². The van der Waals surface area contributed by atoms with E-state index in [0.717, 1.165) is 18.4 Å². The molecule has 0 bridgehead atoms. The number of carbonyl (C=O) groups is 1. The van der Waals surface area contributed by atoms with E-state index in [1.54, 1.807) is 19.4 Å². The molecule has 4 rings (SSSR count). The molecule has 2 aliphatic rings. The first kappa shape index (κ1) is 19.6. The lowest BCUT2D eigenvalue weighted by atomic mass is 9.78. The van der Waals surface area contributed by atoms with E-state index in [1.165, 1.54) is 24.8 Å². The van der Waals surface area contributed by atoms with Gasteiger partial charge >= 0.3 is 0 Å². The summed E-state index contributed by atoms with van der Waals surface area (Å²) in [6, 6.07) is 9.93. The van der Waals surface area contributed by atoms with Gasteiger partial charge in [-0.05, 0) is 56.2 Å². The maximum Gasteiger partial charge on any atom is 0.259 e. The fraction of sp³-hybridized carbons (Fsp3) is 0.478. The van der Waals surface area contributed by atoms with Gasteiger partial charge in [0.05, 0.1) is 19.3 Å². The van der Waals surface area contributed by atoms with Crippen LogP contribution in [0.4, 0.5) is 5.69 Å². The molecule has 2 unspecified atom stereocenters. The summed E-state index contributed by atoms with van der Waals surface area (Å²) >= 11 is 0. The second-order valence-electron chi connectivity index (χ2n) is 8.08. The Bertz CT molecular complexity index is 881. The van der Waals surface area contributed by atoms with Crippen molar-refractivity contribution in [1.29, 1.82) is 0 Å². The molecular formula is C23H29N3O3. The Morgan fingerprint density at radius 3 is 2.69 bits per heavy atom. The molecule has 2 fully saturated rings. The fourth-order valence-electron chi connectivity index (χ4n) is 4.26. The summed E-state index contributed by atoms with van der Waals surface area (Å²) in [7, 11) is 1.55. The second-order valence-corrected chi connectivity index (χ2v) is 8.08. The number of aromatic nitrogens is 1. The van der Waals surface area contributed by atoms with Gasteiger partial charge in [-0.1, -0.05) is 24.6 Å². The van der Waals surface area contributed by atoms with Gasteiger partial charge in [-0.3, -0.25) is 4.79 Å². The number of nitrogens with two attached hydrogens (primary N) is 1. The molecule has 0 radical (unpaired) electrons. The predicted molar refractivity (Wildman–Crippen MR) is 112 cm³/mol. The van der Waals surface area contributed by atoms with Crippen LogP contribution in [0.2, 0.25) is 0 Å². The molecule has 154 valence electrons. The number of rotatable bonds is 5. The Balaban J connectivity index is 1.53. The van der Waals surface area contributed by atoms with Crippen LogP contribution in [0, 0.1) is 0 Å². The molecule has 2 aromatic rings. The maximum atomic E-state index is 13.5. The van der Waals surface area contributed by atoms with Crippen molar-refractivity contribution in [3.63, 3.8) is 0 Å². The average molecular weight is 396 g/mol. The van der Waals surface area contributed by atoms with Gasteiger partial charge in [0.15, 0.2) is 0 Å². The zero-order chi connectivity index (χ0) is 20.4. The lowest BCUT2D eigenvalue weighted by Gasteiger charge is -2.38. The van der Waals surface area contributed by atoms with Crippen molar-refractivity contribution < 1.29 is 14.3 Å². The molecule has 6 heteroatoms. The Morgan fingerprint density at radius 2 is 1.97 bits per heavy atom. The number of nitrogen functional groups attached to an aromatic ring is 1. The highest BCUT2D eigenvalue weighted by Crippen LogP contribution is 2.39. The highest BCUT2D eigenvalue weighted by Gasteiger charge is 2.33. The number of carbonyl (C=O) groups excluding carboxylic acids is 1. The van der Waals surface area contributed by atoms with Crippen LogP contribution in [0.3, 0.4) is 0 Å². The summed E-state index contributed by atoms with van der Waals surface area (Å²) in [5.74, 6) is 1.44. The summed E-state index contributed by atoms with van der Waals surface area (Å²) in [5.41, 5.74) is 8.48. The third-order valence-corrected chi connectivity index (χ3v) is 6.22. The van der Waals surface area contributed by atoms with Crippen LogP contribution in [0.1, 0.15) is 60.9 Å². The van der Waals surface area contributed by atoms with Gasteiger partial charge in [-0.2, -0.15) is 0 Å². The van der Waals surface area contributed by atoms with Crippen LogP contribution in [0.5, 0.6) is 11.6 Å². The van der Waals surface area contributed by atoms with Gasteiger partial charge in [0.1, 0.15) is 6.10 Å². The number of nitrogens with zero attached hydrogens (tertiary/aromatic N) is 2. The molecule has 2 heterocycles. The topological polar surface area (TPSA) is 77.7 Å². The van der Waals surface area contributed by atoms with Crippen molar-refractivity contribution in [2.24, 2.45) is 0 Å². The van der Waals surface area contributed by atoms with E-state index in [-0.39, 0.29) is 18.1 Å². The molecule has 1 aromatic carbocycles. The van der Waals surface area contributed by atoms with Crippen LogP contribution in [0.15, 0.2) is 36.5 Å². The first-order valence-electron chi connectivity index (χ1n) is 10.4. The molecule has 6 nitrogen and oxygen atoms in total. The zero-order valence-corrected chi connectivity index (χ0v) is 17.1. The normalized spacial score (nSPS) is 22.1. The number of benzene rings is 1. The van der Waals surface area contributed by atoms with Crippen molar-refractivity contribution >= 4 is 11.6 Å². The molecule has 1 aromatic heterocycles. The molecule has 2 atom stereocenters. The van der Waals surface area contributed by atoms with Crippen LogP contribution in [-0.2, 0) is 0 Å². The maximum absolute atomic E-state index is 13.5. The molecule has 1 aliphatic carbocycles. The van der Waals surface area contributed by atoms with E-state index in [1.807, 2.05) is 23.1 Å². The molecule has 1 amide bonds. The molecule has 29 heavy (non-hydrogen) atoms. The highest BCUT2D eigenvalue weighted by molar-refractivity contribution is 5.96. The SMILES string of the molecule is COc1c(N)ccnc1OC1CCC(C)N(C(=O)c2ccccc2C2CCC2)C1. The van der Waals surface area contributed by atoms with Crippen molar-refractivity contribution in [3.05, 3.63) is 47.7 Å². The molecule has 1 aliphatic heterocycles. The van der Waals surface area contributed by atoms with Gasteiger partial charge in [0.25, 0.3) is 11.8 Å². The Morgan fingerprint density at radius 1 is 1.17 bits per heavy atom. The molecule has 1 saturated heterocycles. The number of ether oxygens (including phenoxy) is 2. The van der Waals surface area contributed by atoms with Crippen molar-refractivity contribution in [2.75, 3.05) is 19.4 Å². The number of methoxy groups -OCH3 is 1. The third kappa shape index (κ3) is 3.88. The zero-order valence-electron chi connectivity index (χ0n) is 17.1. The van der Waals surface area contributed by atoms with Crippen molar-refractivity contribution in [1.82, 2.24) is 9.88 Å². The quantitative estimate of drug-likeness (QED) is 0.828. The Labute approximate surface area is 172 Å². The summed E-state index contributed by atoms with van der Waals surface area (Å²) in [4.78, 5) is 19.7. The number of anilines is 1. The van der Waals surface area contributed by atoms with Crippen LogP contribution < -0.4 is 15.2 Å². The van der Waals surface area contributed by atoms with Gasteiger partial charge < -0.3 is 20.1 Å². The van der Waals surface area contributed by atoms with Crippen LogP contribution in [0.25, 0.3) is 0 Å². The number of amides is 1. The summed E-state index contributed by atoms with van der Waals surface area (Å²) in [6.07, 6.45) is 6.80. The average Bonchev–Trinajstić information content (AvgIpc) is 2.68. The standard InChI is InChI=1S/C23H29N3O3/c1-15-10-11-17(29-22-21(28-2)20(24)12-13-25-22)14-26(15)23(27)19-9-4-3-8-18(19)16-6-5-7-16/h3-4,8-9,12-13,15-17H,5-7,10-11,14H2,1-2H3,(H2,24,25). The van der Waals surface area contributed by atoms with Gasteiger partial charge in [0.2, 0.25) is 5.75 Å². The van der Waals surface area contributed by atoms with Crippen molar-refractivity contribution in [2.45, 2.75) is 57.1 Å². The summed E-state index contributed by atoms with van der Waals surface area (Å²) in [6.45, 7) is 2.64. The minimum Gasteiger partial charge on any atom is -0.490 e. The third-order valence-electron chi connectivity index (χ3n) is 6.22. The van der Waals surface area contributed by atoms with Crippen molar-refractivity contribution in [3.8, 4) is 11.6 Å². The van der Waals surface area contributed by atoms with Gasteiger partial charge in [-0.25, -0.2) is 4.98 Å².